The fourth-order valence-corrected chi connectivity index (χ4v) is 3.53. The number of amides is 1. The third-order valence-electron chi connectivity index (χ3n) is 5.06. The van der Waals surface area contributed by atoms with E-state index in [-0.39, 0.29) is 5.91 Å². The summed E-state index contributed by atoms with van der Waals surface area (Å²) in [4.78, 5) is 13.3. The fraction of sp³-hybridized carbons (Fsp3) is 0.350. The van der Waals surface area contributed by atoms with Gasteiger partial charge in [-0.15, -0.1) is 0 Å². The van der Waals surface area contributed by atoms with Gasteiger partial charge in [0.15, 0.2) is 0 Å². The van der Waals surface area contributed by atoms with Crippen LogP contribution in [0.5, 0.6) is 5.75 Å². The molecule has 4 rings (SSSR count). The zero-order chi connectivity index (χ0) is 18.3. The monoisotopic (exact) mass is 359 g/mol. The maximum atomic E-state index is 14.0. The van der Waals surface area contributed by atoms with Crippen LogP contribution in [0.15, 0.2) is 36.4 Å². The van der Waals surface area contributed by atoms with Gasteiger partial charge >= 0.3 is 0 Å². The number of carbonyl (C=O) groups is 1. The van der Waals surface area contributed by atoms with E-state index in [1.54, 1.807) is 24.0 Å². The molecule has 1 amide bonds. The largest absolute Gasteiger partial charge is 0.462 e. The Morgan fingerprint density at radius 3 is 2.58 bits per heavy atom. The number of hydrogen-bond donors (Lipinski definition) is 0. The molecular formula is C20H19F2NO3. The van der Waals surface area contributed by atoms with Gasteiger partial charge in [-0.2, -0.15) is 0 Å². The molecule has 2 aromatic carbocycles. The lowest BCUT2D eigenvalue weighted by molar-refractivity contribution is -0.227. The van der Waals surface area contributed by atoms with Crippen LogP contribution < -0.4 is 4.74 Å². The molecule has 26 heavy (non-hydrogen) atoms. The summed E-state index contributed by atoms with van der Waals surface area (Å²) in [6.45, 7) is 3.12. The first-order valence-corrected chi connectivity index (χ1v) is 8.63. The lowest BCUT2D eigenvalue weighted by Crippen LogP contribution is -2.52. The molecule has 136 valence electrons. The zero-order valence-electron chi connectivity index (χ0n) is 14.4. The van der Waals surface area contributed by atoms with Crippen LogP contribution in [0.3, 0.4) is 0 Å². The molecule has 0 saturated carbocycles. The molecule has 6 heteroatoms. The maximum Gasteiger partial charge on any atom is 0.219 e. The molecule has 0 bridgehead atoms. The molecule has 2 aromatic rings. The highest BCUT2D eigenvalue weighted by molar-refractivity contribution is 5.73. The highest BCUT2D eigenvalue weighted by Crippen LogP contribution is 2.39. The highest BCUT2D eigenvalue weighted by Gasteiger charge is 2.41. The Hall–Kier alpha value is -2.47. The van der Waals surface area contributed by atoms with Crippen LogP contribution in [-0.4, -0.2) is 29.7 Å². The van der Waals surface area contributed by atoms with E-state index in [9.17, 15) is 13.6 Å². The predicted octanol–water partition coefficient (Wildman–Crippen LogP) is 3.88. The van der Waals surface area contributed by atoms with E-state index < -0.39 is 17.4 Å². The van der Waals surface area contributed by atoms with E-state index in [1.165, 1.54) is 12.1 Å². The van der Waals surface area contributed by atoms with Gasteiger partial charge in [-0.3, -0.25) is 4.79 Å². The van der Waals surface area contributed by atoms with E-state index in [0.29, 0.717) is 49.4 Å². The summed E-state index contributed by atoms with van der Waals surface area (Å²) in [6, 6.07) is 8.91. The van der Waals surface area contributed by atoms with Gasteiger partial charge in [-0.1, -0.05) is 6.07 Å². The van der Waals surface area contributed by atoms with Crippen molar-refractivity contribution in [2.75, 3.05) is 13.1 Å². The fourth-order valence-electron chi connectivity index (χ4n) is 3.53. The average Bonchev–Trinajstić information content (AvgIpc) is 2.62. The molecule has 0 aromatic heterocycles. The van der Waals surface area contributed by atoms with Gasteiger partial charge < -0.3 is 14.4 Å². The molecule has 2 heterocycles. The van der Waals surface area contributed by atoms with Crippen LogP contribution in [0.2, 0.25) is 0 Å². The first-order chi connectivity index (χ1) is 12.5. The molecule has 1 fully saturated rings. The molecule has 0 unspecified atom stereocenters. The first kappa shape index (κ1) is 17.0. The molecule has 0 N–H and O–H groups in total. The van der Waals surface area contributed by atoms with E-state index >= 15 is 0 Å². The molecule has 0 aliphatic carbocycles. The van der Waals surface area contributed by atoms with E-state index in [2.05, 4.69) is 0 Å². The normalized spacial score (nSPS) is 18.3. The molecule has 2 aliphatic heterocycles. The lowest BCUT2D eigenvalue weighted by Gasteiger charge is -2.43. The summed E-state index contributed by atoms with van der Waals surface area (Å²) in [5.74, 6) is -1.15. The number of carbonyl (C=O) groups excluding carboxylic acids is 1. The molecule has 1 saturated heterocycles. The quantitative estimate of drug-likeness (QED) is 0.776. The van der Waals surface area contributed by atoms with Crippen LogP contribution in [0.25, 0.3) is 11.1 Å². The van der Waals surface area contributed by atoms with Crippen LogP contribution in [0, 0.1) is 11.6 Å². The smallest absolute Gasteiger partial charge is 0.219 e. The summed E-state index contributed by atoms with van der Waals surface area (Å²) in [6.07, 6.45) is 1.22. The van der Waals surface area contributed by atoms with Crippen LogP contribution in [0.1, 0.15) is 25.3 Å². The van der Waals surface area contributed by atoms with Gasteiger partial charge in [0, 0.05) is 50.0 Å². The number of piperidine rings is 1. The Balaban J connectivity index is 1.56. The van der Waals surface area contributed by atoms with Crippen LogP contribution in [-0.2, 0) is 16.1 Å². The van der Waals surface area contributed by atoms with Crippen molar-refractivity contribution < 1.29 is 23.0 Å². The Morgan fingerprint density at radius 2 is 1.88 bits per heavy atom. The van der Waals surface area contributed by atoms with Gasteiger partial charge in [0.25, 0.3) is 0 Å². The number of likely N-dealkylation sites (tertiary alicyclic amines) is 1. The van der Waals surface area contributed by atoms with E-state index in [0.717, 1.165) is 11.6 Å². The number of nitrogens with zero attached hydrogens (tertiary/aromatic N) is 1. The third-order valence-corrected chi connectivity index (χ3v) is 5.06. The second-order valence-corrected chi connectivity index (χ2v) is 6.75. The summed E-state index contributed by atoms with van der Waals surface area (Å²) in [5, 5.41) is 0. The summed E-state index contributed by atoms with van der Waals surface area (Å²) in [7, 11) is 0. The zero-order valence-corrected chi connectivity index (χ0v) is 14.4. The Morgan fingerprint density at radius 1 is 1.12 bits per heavy atom. The van der Waals surface area contributed by atoms with Crippen molar-refractivity contribution in [3.05, 3.63) is 53.6 Å². The predicted molar refractivity (Wildman–Crippen MR) is 91.4 cm³/mol. The van der Waals surface area contributed by atoms with Crippen molar-refractivity contribution in [3.8, 4) is 16.9 Å². The van der Waals surface area contributed by atoms with Crippen molar-refractivity contribution in [1.29, 1.82) is 0 Å². The Bertz CT molecular complexity index is 860. The minimum atomic E-state index is -0.707. The second kappa shape index (κ2) is 6.36. The van der Waals surface area contributed by atoms with Crippen molar-refractivity contribution >= 4 is 5.91 Å². The van der Waals surface area contributed by atoms with Gasteiger partial charge in [0.1, 0.15) is 17.4 Å². The highest BCUT2D eigenvalue weighted by atomic mass is 19.1. The maximum absolute atomic E-state index is 14.0. The van der Waals surface area contributed by atoms with Gasteiger partial charge in [0.2, 0.25) is 11.7 Å². The van der Waals surface area contributed by atoms with E-state index in [1.807, 2.05) is 6.07 Å². The van der Waals surface area contributed by atoms with Crippen molar-refractivity contribution in [2.45, 2.75) is 32.2 Å². The molecule has 4 nitrogen and oxygen atoms in total. The van der Waals surface area contributed by atoms with Crippen molar-refractivity contribution in [2.24, 2.45) is 0 Å². The van der Waals surface area contributed by atoms with Gasteiger partial charge in [0.05, 0.1) is 6.61 Å². The van der Waals surface area contributed by atoms with Gasteiger partial charge in [-0.05, 0) is 29.8 Å². The Labute approximate surface area is 150 Å². The Kier molecular flexibility index (Phi) is 4.15. The molecule has 0 radical (unpaired) electrons. The SMILES string of the molecule is CC(=O)N1CCC2(CC1)OCc1cc(-c3ccc(F)cc3F)ccc1O2. The number of ether oxygens (including phenoxy) is 2. The van der Waals surface area contributed by atoms with E-state index in [4.69, 9.17) is 9.47 Å². The summed E-state index contributed by atoms with van der Waals surface area (Å²) in [5.41, 5.74) is 1.81. The summed E-state index contributed by atoms with van der Waals surface area (Å²) >= 11 is 0. The number of benzene rings is 2. The first-order valence-electron chi connectivity index (χ1n) is 8.63. The second-order valence-electron chi connectivity index (χ2n) is 6.75. The molecular weight excluding hydrogens is 340 g/mol. The van der Waals surface area contributed by atoms with Gasteiger partial charge in [-0.25, -0.2) is 8.78 Å². The van der Waals surface area contributed by atoms with Crippen LogP contribution in [0.4, 0.5) is 8.78 Å². The third kappa shape index (κ3) is 3.05. The molecule has 1 spiro atoms. The topological polar surface area (TPSA) is 38.8 Å². The van der Waals surface area contributed by atoms with Crippen LogP contribution >= 0.6 is 0 Å². The number of halogens is 2. The molecule has 2 aliphatic rings. The lowest BCUT2D eigenvalue weighted by atomic mass is 9.99. The molecule has 0 atom stereocenters. The standard InChI is InChI=1S/C20H19F2NO3/c1-13(24)23-8-6-20(7-9-23)25-12-15-10-14(2-5-19(15)26-20)17-4-3-16(21)11-18(17)22/h2-5,10-11H,6-9,12H2,1H3. The minimum Gasteiger partial charge on any atom is -0.462 e. The minimum absolute atomic E-state index is 0.0574. The number of fused-ring (bicyclic) bond motifs is 1. The average molecular weight is 359 g/mol. The summed E-state index contributed by atoms with van der Waals surface area (Å²) < 4.78 is 39.2. The van der Waals surface area contributed by atoms with Crippen molar-refractivity contribution in [1.82, 2.24) is 4.90 Å². The van der Waals surface area contributed by atoms with Crippen molar-refractivity contribution in [3.63, 3.8) is 0 Å². The number of hydrogen-bond acceptors (Lipinski definition) is 3. The number of rotatable bonds is 1.